The molecule has 3 aromatic rings. The predicted octanol–water partition coefficient (Wildman–Crippen LogP) is 4.66. The van der Waals surface area contributed by atoms with E-state index in [0.29, 0.717) is 29.5 Å². The standard InChI is InChI=1S/C24H24N4O2/c1-29-21-12-11-19(15-22(21)30-17-18-8-4-2-5-9-18)14-20(16-25)24-27-26-23-10-6-3-7-13-28(23)24/h2,4-5,8-9,11-12,14-15H,3,6-7,10,13,17H2,1H3. The molecule has 2 aromatic carbocycles. The number of rotatable bonds is 6. The Bertz CT molecular complexity index is 1080. The maximum absolute atomic E-state index is 9.80. The van der Waals surface area contributed by atoms with Gasteiger partial charge in [0.2, 0.25) is 0 Å². The lowest BCUT2D eigenvalue weighted by Crippen LogP contribution is -2.05. The van der Waals surface area contributed by atoms with Crippen LogP contribution in [0.4, 0.5) is 0 Å². The first-order valence-corrected chi connectivity index (χ1v) is 10.2. The lowest BCUT2D eigenvalue weighted by atomic mass is 10.1. The number of methoxy groups -OCH3 is 1. The molecule has 6 heteroatoms. The molecule has 0 bridgehead atoms. The number of allylic oxidation sites excluding steroid dienone is 1. The minimum atomic E-state index is 0.438. The molecule has 0 aliphatic carbocycles. The molecule has 6 nitrogen and oxygen atoms in total. The molecule has 0 N–H and O–H groups in total. The van der Waals surface area contributed by atoms with Crippen LogP contribution in [-0.2, 0) is 19.6 Å². The molecule has 1 aromatic heterocycles. The van der Waals surface area contributed by atoms with Gasteiger partial charge in [-0.2, -0.15) is 5.26 Å². The van der Waals surface area contributed by atoms with Crippen LogP contribution in [0, 0.1) is 11.3 Å². The van der Waals surface area contributed by atoms with Crippen molar-refractivity contribution in [3.05, 3.63) is 71.3 Å². The van der Waals surface area contributed by atoms with Crippen LogP contribution in [-0.4, -0.2) is 21.9 Å². The summed E-state index contributed by atoms with van der Waals surface area (Å²) in [7, 11) is 1.62. The number of nitriles is 1. The first-order chi connectivity index (χ1) is 14.8. The van der Waals surface area contributed by atoms with Gasteiger partial charge in [0.15, 0.2) is 17.3 Å². The summed E-state index contributed by atoms with van der Waals surface area (Å²) in [4.78, 5) is 0. The fraction of sp³-hybridized carbons (Fsp3) is 0.292. The SMILES string of the molecule is COc1ccc(C=C(C#N)c2nnc3n2CCCCC3)cc1OCc1ccccc1. The van der Waals surface area contributed by atoms with Crippen molar-refractivity contribution < 1.29 is 9.47 Å². The van der Waals surface area contributed by atoms with E-state index < -0.39 is 0 Å². The molecule has 0 spiro atoms. The highest BCUT2D eigenvalue weighted by Crippen LogP contribution is 2.30. The number of benzene rings is 2. The first-order valence-electron chi connectivity index (χ1n) is 10.2. The van der Waals surface area contributed by atoms with E-state index in [9.17, 15) is 5.26 Å². The van der Waals surface area contributed by atoms with Gasteiger partial charge in [-0.05, 0) is 42.2 Å². The van der Waals surface area contributed by atoms with Crippen molar-refractivity contribution in [1.82, 2.24) is 14.8 Å². The van der Waals surface area contributed by atoms with Crippen molar-refractivity contribution in [2.45, 2.75) is 38.8 Å². The summed E-state index contributed by atoms with van der Waals surface area (Å²) in [5, 5.41) is 18.4. The first kappa shape index (κ1) is 19.7. The van der Waals surface area contributed by atoms with E-state index >= 15 is 0 Å². The van der Waals surface area contributed by atoms with Crippen molar-refractivity contribution >= 4 is 11.6 Å². The fourth-order valence-electron chi connectivity index (χ4n) is 3.63. The number of fused-ring (bicyclic) bond motifs is 1. The number of hydrogen-bond acceptors (Lipinski definition) is 5. The quantitative estimate of drug-likeness (QED) is 0.563. The highest BCUT2D eigenvalue weighted by atomic mass is 16.5. The number of ether oxygens (including phenoxy) is 2. The van der Waals surface area contributed by atoms with Crippen LogP contribution in [0.3, 0.4) is 0 Å². The zero-order chi connectivity index (χ0) is 20.8. The van der Waals surface area contributed by atoms with Crippen LogP contribution in [0.15, 0.2) is 48.5 Å². The number of hydrogen-bond donors (Lipinski definition) is 0. The van der Waals surface area contributed by atoms with Crippen molar-refractivity contribution in [1.29, 1.82) is 5.26 Å². The predicted molar refractivity (Wildman–Crippen MR) is 115 cm³/mol. The second-order valence-electron chi connectivity index (χ2n) is 7.26. The Morgan fingerprint density at radius 1 is 1.10 bits per heavy atom. The maximum Gasteiger partial charge on any atom is 0.174 e. The van der Waals surface area contributed by atoms with E-state index in [-0.39, 0.29) is 0 Å². The summed E-state index contributed by atoms with van der Waals surface area (Å²) in [6, 6.07) is 17.9. The molecule has 1 aliphatic heterocycles. The smallest absolute Gasteiger partial charge is 0.174 e. The molecule has 0 atom stereocenters. The van der Waals surface area contributed by atoms with Crippen LogP contribution in [0.25, 0.3) is 11.6 Å². The Kier molecular flexibility index (Phi) is 6.09. The Morgan fingerprint density at radius 3 is 2.77 bits per heavy atom. The number of aromatic nitrogens is 3. The fourth-order valence-corrected chi connectivity index (χ4v) is 3.63. The summed E-state index contributed by atoms with van der Waals surface area (Å²) in [5.74, 6) is 2.88. The summed E-state index contributed by atoms with van der Waals surface area (Å²) >= 11 is 0. The summed E-state index contributed by atoms with van der Waals surface area (Å²) < 4.78 is 13.5. The second kappa shape index (κ2) is 9.27. The molecular formula is C24H24N4O2. The van der Waals surface area contributed by atoms with Crippen LogP contribution < -0.4 is 9.47 Å². The third-order valence-corrected chi connectivity index (χ3v) is 5.21. The van der Waals surface area contributed by atoms with E-state index in [1.807, 2.05) is 54.6 Å². The van der Waals surface area contributed by atoms with Gasteiger partial charge in [0.05, 0.1) is 12.7 Å². The summed E-state index contributed by atoms with van der Waals surface area (Å²) in [6.07, 6.45) is 6.11. The third kappa shape index (κ3) is 4.36. The molecule has 0 radical (unpaired) electrons. The van der Waals surface area contributed by atoms with E-state index in [1.54, 1.807) is 7.11 Å². The van der Waals surface area contributed by atoms with Gasteiger partial charge in [0, 0.05) is 13.0 Å². The van der Waals surface area contributed by atoms with Crippen molar-refractivity contribution in [2.24, 2.45) is 0 Å². The van der Waals surface area contributed by atoms with Crippen molar-refractivity contribution in [3.63, 3.8) is 0 Å². The van der Waals surface area contributed by atoms with Gasteiger partial charge in [-0.15, -0.1) is 10.2 Å². The van der Waals surface area contributed by atoms with E-state index in [2.05, 4.69) is 20.8 Å². The van der Waals surface area contributed by atoms with Gasteiger partial charge in [-0.1, -0.05) is 42.8 Å². The summed E-state index contributed by atoms with van der Waals surface area (Å²) in [6.45, 7) is 1.29. The van der Waals surface area contributed by atoms with Crippen LogP contribution in [0.2, 0.25) is 0 Å². The molecule has 1 aliphatic rings. The van der Waals surface area contributed by atoms with Gasteiger partial charge in [0.25, 0.3) is 0 Å². The van der Waals surface area contributed by atoms with Gasteiger partial charge in [0.1, 0.15) is 18.5 Å². The van der Waals surface area contributed by atoms with Crippen LogP contribution >= 0.6 is 0 Å². The van der Waals surface area contributed by atoms with Crippen LogP contribution in [0.1, 0.15) is 42.0 Å². The summed E-state index contributed by atoms with van der Waals surface area (Å²) in [5.41, 5.74) is 2.42. The number of nitrogens with zero attached hydrogens (tertiary/aromatic N) is 4. The Balaban J connectivity index is 1.62. The van der Waals surface area contributed by atoms with Gasteiger partial charge in [-0.25, -0.2) is 0 Å². The molecule has 0 amide bonds. The normalized spacial score (nSPS) is 13.8. The zero-order valence-electron chi connectivity index (χ0n) is 17.0. The number of aryl methyl sites for hydroxylation is 1. The molecule has 0 unspecified atom stereocenters. The molecule has 4 rings (SSSR count). The average Bonchev–Trinajstić information content (AvgIpc) is 3.04. The van der Waals surface area contributed by atoms with Gasteiger partial charge in [-0.3, -0.25) is 0 Å². The minimum absolute atomic E-state index is 0.438. The third-order valence-electron chi connectivity index (χ3n) is 5.21. The van der Waals surface area contributed by atoms with E-state index in [0.717, 1.165) is 42.8 Å². The Labute approximate surface area is 176 Å². The molecular weight excluding hydrogens is 376 g/mol. The average molecular weight is 400 g/mol. The lowest BCUT2D eigenvalue weighted by molar-refractivity contribution is 0.284. The van der Waals surface area contributed by atoms with Gasteiger partial charge < -0.3 is 14.0 Å². The zero-order valence-corrected chi connectivity index (χ0v) is 17.0. The Morgan fingerprint density at radius 2 is 1.97 bits per heavy atom. The van der Waals surface area contributed by atoms with Crippen molar-refractivity contribution in [3.8, 4) is 17.6 Å². The van der Waals surface area contributed by atoms with E-state index in [4.69, 9.17) is 9.47 Å². The lowest BCUT2D eigenvalue weighted by Gasteiger charge is -2.12. The minimum Gasteiger partial charge on any atom is -0.493 e. The molecule has 0 saturated heterocycles. The second-order valence-corrected chi connectivity index (χ2v) is 7.26. The highest BCUT2D eigenvalue weighted by molar-refractivity contribution is 5.87. The van der Waals surface area contributed by atoms with Crippen LogP contribution in [0.5, 0.6) is 11.5 Å². The molecule has 2 heterocycles. The molecule has 0 saturated carbocycles. The Hall–Kier alpha value is -3.59. The van der Waals surface area contributed by atoms with E-state index in [1.165, 1.54) is 6.42 Å². The largest absolute Gasteiger partial charge is 0.493 e. The van der Waals surface area contributed by atoms with Crippen molar-refractivity contribution in [2.75, 3.05) is 7.11 Å². The molecule has 0 fully saturated rings. The monoisotopic (exact) mass is 400 g/mol. The molecule has 152 valence electrons. The topological polar surface area (TPSA) is 73.0 Å². The maximum atomic E-state index is 9.80. The van der Waals surface area contributed by atoms with Gasteiger partial charge >= 0.3 is 0 Å². The molecule has 30 heavy (non-hydrogen) atoms. The highest BCUT2D eigenvalue weighted by Gasteiger charge is 2.18.